The molecule has 0 radical (unpaired) electrons. The normalized spacial score (nSPS) is 10.8. The van der Waals surface area contributed by atoms with E-state index in [1.54, 1.807) is 0 Å². The molecule has 4 rings (SSSR count). The molecule has 1 heterocycles. The van der Waals surface area contributed by atoms with E-state index in [1.165, 1.54) is 0 Å². The first-order valence-corrected chi connectivity index (χ1v) is 10.1. The van der Waals surface area contributed by atoms with Crippen molar-refractivity contribution in [2.24, 2.45) is 0 Å². The van der Waals surface area contributed by atoms with Crippen molar-refractivity contribution in [3.05, 3.63) is 88.7 Å². The summed E-state index contributed by atoms with van der Waals surface area (Å²) in [5.74, 6) is 1.34. The van der Waals surface area contributed by atoms with E-state index in [0.717, 1.165) is 32.5 Å². The van der Waals surface area contributed by atoms with Crippen molar-refractivity contribution in [2.75, 3.05) is 5.32 Å². The summed E-state index contributed by atoms with van der Waals surface area (Å²) >= 11 is 3.50. The molecule has 146 valence electrons. The minimum atomic E-state index is -0.126. The van der Waals surface area contributed by atoms with Crippen molar-refractivity contribution in [1.29, 1.82) is 0 Å². The van der Waals surface area contributed by atoms with Gasteiger partial charge in [0.05, 0.1) is 16.7 Å². The Morgan fingerprint density at radius 2 is 1.83 bits per heavy atom. The van der Waals surface area contributed by atoms with Crippen molar-refractivity contribution in [3.63, 3.8) is 0 Å². The van der Waals surface area contributed by atoms with Crippen LogP contribution in [0.1, 0.15) is 11.4 Å². The summed E-state index contributed by atoms with van der Waals surface area (Å²) in [5, 5.41) is 2.97. The zero-order valence-corrected chi connectivity index (χ0v) is 17.5. The van der Waals surface area contributed by atoms with Gasteiger partial charge in [-0.1, -0.05) is 36.4 Å². The van der Waals surface area contributed by atoms with Crippen LogP contribution in [0.25, 0.3) is 11.0 Å². The van der Waals surface area contributed by atoms with Crippen LogP contribution < -0.4 is 10.1 Å². The topological polar surface area (TPSA) is 56.2 Å². The predicted molar refractivity (Wildman–Crippen MR) is 118 cm³/mol. The van der Waals surface area contributed by atoms with Crippen LogP contribution in [-0.4, -0.2) is 15.5 Å². The third-order valence-electron chi connectivity index (χ3n) is 4.55. The molecule has 0 unspecified atom stereocenters. The maximum atomic E-state index is 12.8. The van der Waals surface area contributed by atoms with Gasteiger partial charge in [-0.15, -0.1) is 0 Å². The number of benzene rings is 3. The largest absolute Gasteiger partial charge is 0.486 e. The van der Waals surface area contributed by atoms with Gasteiger partial charge in [-0.3, -0.25) is 4.79 Å². The van der Waals surface area contributed by atoms with E-state index in [4.69, 9.17) is 4.74 Å². The molecule has 1 amide bonds. The average molecular weight is 450 g/mol. The Labute approximate surface area is 177 Å². The van der Waals surface area contributed by atoms with Gasteiger partial charge in [0, 0.05) is 4.47 Å². The summed E-state index contributed by atoms with van der Waals surface area (Å²) in [4.78, 5) is 17.4. The fraction of sp³-hybridized carbons (Fsp3) is 0.130. The molecule has 5 nitrogen and oxygen atoms in total. The van der Waals surface area contributed by atoms with Crippen molar-refractivity contribution in [3.8, 4) is 5.75 Å². The van der Waals surface area contributed by atoms with Crippen LogP contribution in [0.4, 0.5) is 5.69 Å². The maximum absolute atomic E-state index is 12.8. The summed E-state index contributed by atoms with van der Waals surface area (Å²) < 4.78 is 8.63. The van der Waals surface area contributed by atoms with Crippen molar-refractivity contribution in [2.45, 2.75) is 20.1 Å². The molecule has 29 heavy (non-hydrogen) atoms. The molecular weight excluding hydrogens is 430 g/mol. The predicted octanol–water partition coefficient (Wildman–Crippen LogP) is 5.32. The smallest absolute Gasteiger partial charge is 0.244 e. The first-order chi connectivity index (χ1) is 14.1. The minimum absolute atomic E-state index is 0.126. The van der Waals surface area contributed by atoms with Gasteiger partial charge >= 0.3 is 0 Å². The second kappa shape index (κ2) is 8.49. The van der Waals surface area contributed by atoms with Gasteiger partial charge in [0.2, 0.25) is 5.91 Å². The Balaban J connectivity index is 1.57. The lowest BCUT2D eigenvalue weighted by molar-refractivity contribution is -0.116. The van der Waals surface area contributed by atoms with E-state index in [1.807, 2.05) is 84.3 Å². The zero-order chi connectivity index (χ0) is 20.2. The van der Waals surface area contributed by atoms with E-state index in [9.17, 15) is 4.79 Å². The number of amides is 1. The molecule has 1 aromatic heterocycles. The Kier molecular flexibility index (Phi) is 5.62. The number of aromatic nitrogens is 2. The quantitative estimate of drug-likeness (QED) is 0.432. The molecule has 0 aliphatic rings. The van der Waals surface area contributed by atoms with Gasteiger partial charge in [0.25, 0.3) is 0 Å². The molecule has 3 aromatic carbocycles. The number of anilines is 1. The van der Waals surface area contributed by atoms with Gasteiger partial charge < -0.3 is 14.6 Å². The second-order valence-corrected chi connectivity index (χ2v) is 7.59. The highest BCUT2D eigenvalue weighted by atomic mass is 79.9. The van der Waals surface area contributed by atoms with Crippen molar-refractivity contribution in [1.82, 2.24) is 9.55 Å². The molecule has 0 bridgehead atoms. The van der Waals surface area contributed by atoms with E-state index in [2.05, 4.69) is 26.2 Å². The number of carbonyl (C=O) groups excluding carboxylic acids is 1. The summed E-state index contributed by atoms with van der Waals surface area (Å²) in [6, 6.07) is 23.2. The van der Waals surface area contributed by atoms with Crippen LogP contribution in [0.3, 0.4) is 0 Å². The lowest BCUT2D eigenvalue weighted by Crippen LogP contribution is -2.21. The fourth-order valence-electron chi connectivity index (χ4n) is 3.13. The molecule has 0 atom stereocenters. The summed E-state index contributed by atoms with van der Waals surface area (Å²) in [6.07, 6.45) is 0. The van der Waals surface area contributed by atoms with Gasteiger partial charge in [0.15, 0.2) is 0 Å². The molecule has 1 N–H and O–H groups in total. The molecule has 0 aliphatic heterocycles. The number of nitrogens with one attached hydrogen (secondary N) is 1. The van der Waals surface area contributed by atoms with Crippen LogP contribution in [0.15, 0.2) is 77.3 Å². The third kappa shape index (κ3) is 4.49. The zero-order valence-electron chi connectivity index (χ0n) is 15.9. The summed E-state index contributed by atoms with van der Waals surface area (Å²) in [5.41, 5.74) is 3.60. The van der Waals surface area contributed by atoms with Crippen LogP contribution in [-0.2, 0) is 17.9 Å². The SMILES string of the molecule is Cc1ccc(NC(=O)Cn2c(COc3ccccc3)nc3ccccc32)c(Br)c1. The number of carbonyl (C=O) groups is 1. The monoisotopic (exact) mass is 449 g/mol. The Hall–Kier alpha value is -3.12. The van der Waals surface area contributed by atoms with E-state index < -0.39 is 0 Å². The van der Waals surface area contributed by atoms with Crippen molar-refractivity contribution < 1.29 is 9.53 Å². The molecular formula is C23H20BrN3O2. The summed E-state index contributed by atoms with van der Waals surface area (Å²) in [6.45, 7) is 2.43. The number of ether oxygens (including phenoxy) is 1. The molecule has 6 heteroatoms. The molecule has 0 saturated heterocycles. The number of halogens is 1. The molecule has 0 saturated carbocycles. The van der Waals surface area contributed by atoms with E-state index in [0.29, 0.717) is 5.82 Å². The number of hydrogen-bond acceptors (Lipinski definition) is 3. The average Bonchev–Trinajstić information content (AvgIpc) is 3.07. The molecule has 0 aliphatic carbocycles. The third-order valence-corrected chi connectivity index (χ3v) is 5.20. The first kappa shape index (κ1) is 19.2. The van der Waals surface area contributed by atoms with Crippen LogP contribution >= 0.6 is 15.9 Å². The van der Waals surface area contributed by atoms with E-state index in [-0.39, 0.29) is 19.1 Å². The van der Waals surface area contributed by atoms with Crippen LogP contribution in [0, 0.1) is 6.92 Å². The molecule has 0 fully saturated rings. The number of fused-ring (bicyclic) bond motifs is 1. The number of nitrogens with zero attached hydrogens (tertiary/aromatic N) is 2. The number of para-hydroxylation sites is 3. The molecule has 0 spiro atoms. The number of hydrogen-bond donors (Lipinski definition) is 1. The number of aryl methyl sites for hydroxylation is 1. The highest BCUT2D eigenvalue weighted by Crippen LogP contribution is 2.24. The van der Waals surface area contributed by atoms with E-state index >= 15 is 0 Å². The Morgan fingerprint density at radius 3 is 2.62 bits per heavy atom. The van der Waals surface area contributed by atoms with Gasteiger partial charge in [-0.2, -0.15) is 0 Å². The number of imidazole rings is 1. The number of rotatable bonds is 6. The van der Waals surface area contributed by atoms with Gasteiger partial charge in [-0.25, -0.2) is 4.98 Å². The first-order valence-electron chi connectivity index (χ1n) is 9.28. The highest BCUT2D eigenvalue weighted by molar-refractivity contribution is 9.10. The second-order valence-electron chi connectivity index (χ2n) is 6.74. The maximum Gasteiger partial charge on any atom is 0.244 e. The minimum Gasteiger partial charge on any atom is -0.486 e. The molecule has 4 aromatic rings. The van der Waals surface area contributed by atoms with Crippen molar-refractivity contribution >= 4 is 38.6 Å². The lowest BCUT2D eigenvalue weighted by atomic mass is 10.2. The Bertz CT molecular complexity index is 1160. The van der Waals surface area contributed by atoms with Gasteiger partial charge in [0.1, 0.15) is 24.7 Å². The summed E-state index contributed by atoms with van der Waals surface area (Å²) in [7, 11) is 0. The Morgan fingerprint density at radius 1 is 1.07 bits per heavy atom. The fourth-order valence-corrected chi connectivity index (χ4v) is 3.72. The highest BCUT2D eigenvalue weighted by Gasteiger charge is 2.15. The van der Waals surface area contributed by atoms with Crippen LogP contribution in [0.5, 0.6) is 5.75 Å². The lowest BCUT2D eigenvalue weighted by Gasteiger charge is -2.12. The van der Waals surface area contributed by atoms with Crippen LogP contribution in [0.2, 0.25) is 0 Å². The van der Waals surface area contributed by atoms with Gasteiger partial charge in [-0.05, 0) is 64.8 Å². The standard InChI is InChI=1S/C23H20BrN3O2/c1-16-11-12-19(18(24)13-16)26-23(28)14-27-21-10-6-5-9-20(21)25-22(27)15-29-17-7-3-2-4-8-17/h2-13H,14-15H2,1H3,(H,26,28).